The van der Waals surface area contributed by atoms with Gasteiger partial charge in [-0.3, -0.25) is 0 Å². The molecule has 0 aromatic carbocycles. The molecule has 0 amide bonds. The summed E-state index contributed by atoms with van der Waals surface area (Å²) in [6, 6.07) is 0. The van der Waals surface area contributed by atoms with Crippen LogP contribution in [0.3, 0.4) is 0 Å². The summed E-state index contributed by atoms with van der Waals surface area (Å²) < 4.78 is 0. The quantitative estimate of drug-likeness (QED) is 0.512. The second-order valence-electron chi connectivity index (χ2n) is 1.50. The molecule has 0 aliphatic heterocycles. The van der Waals surface area contributed by atoms with E-state index in [2.05, 4.69) is 20.7 Å². The van der Waals surface area contributed by atoms with Crippen molar-refractivity contribution in [1.82, 2.24) is 0 Å². The minimum Gasteiger partial charge on any atom is -0.373 e. The zero-order chi connectivity index (χ0) is 4.99. The van der Waals surface area contributed by atoms with Crippen LogP contribution < -0.4 is 0 Å². The molecule has 0 bridgehead atoms. The molecule has 0 aliphatic rings. The van der Waals surface area contributed by atoms with Crippen LogP contribution in [0.2, 0.25) is 5.82 Å². The SMILES string of the molecule is [CH2-][B]C(C)C[CH2-].[CH3-].[CH3-].[Y+3].[Y].[Y]. The van der Waals surface area contributed by atoms with E-state index in [9.17, 15) is 0 Å². The Kier molecular flexibility index (Phi) is 97.3. The molecule has 0 aromatic rings. The van der Waals surface area contributed by atoms with Gasteiger partial charge in [0.1, 0.15) is 0 Å². The van der Waals surface area contributed by atoms with Gasteiger partial charge in [-0.2, -0.15) is 6.42 Å². The molecule has 0 rings (SSSR count). The van der Waals surface area contributed by atoms with Crippen LogP contribution in [0.15, 0.2) is 0 Å². The van der Waals surface area contributed by atoms with E-state index >= 15 is 0 Å². The van der Waals surface area contributed by atoms with E-state index in [0.29, 0.717) is 5.82 Å². The van der Waals surface area contributed by atoms with Gasteiger partial charge in [-0.1, -0.05) is 14.2 Å². The Morgan fingerprint density at radius 2 is 1.55 bits per heavy atom. The predicted octanol–water partition coefficient (Wildman–Crippen LogP) is 2.41. The van der Waals surface area contributed by atoms with Crippen molar-refractivity contribution in [3.05, 3.63) is 28.6 Å². The number of hydrogen-bond acceptors (Lipinski definition) is 0. The first-order chi connectivity index (χ1) is 2.81. The molecule has 11 heavy (non-hydrogen) atoms. The third kappa shape index (κ3) is 31.8. The second kappa shape index (κ2) is 29.2. The summed E-state index contributed by atoms with van der Waals surface area (Å²) in [4.78, 5) is 0. The smallest absolute Gasteiger partial charge is 0.373 e. The summed E-state index contributed by atoms with van der Waals surface area (Å²) in [5.74, 6) is 0.588. The first-order valence-electron chi connectivity index (χ1n) is 2.23. The molecule has 0 N–H and O–H groups in total. The summed E-state index contributed by atoms with van der Waals surface area (Å²) in [6.07, 6.45) is 0.962. The maximum Gasteiger partial charge on any atom is 3.00 e. The molecule has 0 saturated heterocycles. The Balaban J connectivity index is -0.0000000125. The van der Waals surface area contributed by atoms with Gasteiger partial charge in [0.15, 0.2) is 0 Å². The summed E-state index contributed by atoms with van der Waals surface area (Å²) >= 11 is 0. The third-order valence-electron chi connectivity index (χ3n) is 0.858. The Hall–Kier alpha value is 3.38. The maximum absolute atomic E-state index is 3.69. The Morgan fingerprint density at radius 3 is 1.55 bits per heavy atom. The van der Waals surface area contributed by atoms with E-state index in [4.69, 9.17) is 0 Å². The van der Waals surface area contributed by atoms with E-state index in [1.165, 1.54) is 0 Å². The molecular formula is C7H16BY3-. The zero-order valence-corrected chi connectivity index (χ0v) is 16.5. The van der Waals surface area contributed by atoms with Crippen LogP contribution in [0.5, 0.6) is 0 Å². The van der Waals surface area contributed by atoms with E-state index in [1.807, 2.05) is 7.28 Å². The van der Waals surface area contributed by atoms with Gasteiger partial charge in [0.05, 0.1) is 0 Å². The van der Waals surface area contributed by atoms with Crippen LogP contribution in [0.25, 0.3) is 0 Å². The molecule has 0 spiro atoms. The van der Waals surface area contributed by atoms with Gasteiger partial charge >= 0.3 is 32.7 Å². The van der Waals surface area contributed by atoms with Crippen LogP contribution in [0, 0.1) is 28.6 Å². The molecule has 0 nitrogen and oxygen atoms in total. The van der Waals surface area contributed by atoms with Crippen molar-refractivity contribution >= 4 is 7.28 Å². The normalized spacial score (nSPS) is 7.55. The van der Waals surface area contributed by atoms with Crippen LogP contribution in [-0.2, 0) is 98.1 Å². The Bertz CT molecular complexity index is 32.9. The van der Waals surface area contributed by atoms with Crippen LogP contribution >= 0.6 is 0 Å². The average molecular weight is 378 g/mol. The predicted molar refractivity (Wildman–Crippen MR) is 43.3 cm³/mol. The van der Waals surface area contributed by atoms with E-state index < -0.39 is 0 Å². The molecule has 0 aliphatic carbocycles. The van der Waals surface area contributed by atoms with Crippen molar-refractivity contribution in [2.24, 2.45) is 0 Å². The van der Waals surface area contributed by atoms with Crippen molar-refractivity contribution in [3.8, 4) is 0 Å². The number of rotatable bonds is 2. The van der Waals surface area contributed by atoms with Gasteiger partial charge in [0, 0.05) is 65.4 Å². The van der Waals surface area contributed by atoms with Gasteiger partial charge in [0.25, 0.3) is 0 Å². The van der Waals surface area contributed by atoms with E-state index in [0.717, 1.165) is 6.42 Å². The third-order valence-corrected chi connectivity index (χ3v) is 0.858. The van der Waals surface area contributed by atoms with Gasteiger partial charge in [-0.05, 0) is 0 Å². The second-order valence-corrected chi connectivity index (χ2v) is 1.50. The maximum atomic E-state index is 3.69. The molecular weight excluding hydrogens is 362 g/mol. The molecule has 4 heteroatoms. The van der Waals surface area contributed by atoms with Gasteiger partial charge < -0.3 is 28.6 Å². The van der Waals surface area contributed by atoms with Crippen molar-refractivity contribution in [1.29, 1.82) is 0 Å². The van der Waals surface area contributed by atoms with Crippen LogP contribution in [-0.4, -0.2) is 7.28 Å². The number of hydrogen-bond donors (Lipinski definition) is 0. The van der Waals surface area contributed by atoms with Crippen LogP contribution in [0.4, 0.5) is 0 Å². The fraction of sp³-hybridized carbons (Fsp3) is 0.429. The average Bonchev–Trinajstić information content (AvgIpc) is 1.65. The fourth-order valence-corrected chi connectivity index (χ4v) is 0.118. The standard InChI is InChI=1S/C5H10B.2CH3.3Y/c1-4-5(2)6-3;;;;;/h5H,1,3-4H2,2H3;2*1H3;;;/q-2;2*-1;;;+3. The van der Waals surface area contributed by atoms with Crippen molar-refractivity contribution in [2.45, 2.75) is 19.2 Å². The molecule has 1 unspecified atom stereocenters. The van der Waals surface area contributed by atoms with Crippen molar-refractivity contribution in [2.75, 3.05) is 0 Å². The van der Waals surface area contributed by atoms with Crippen LogP contribution in [0.1, 0.15) is 13.3 Å². The van der Waals surface area contributed by atoms with Gasteiger partial charge in [-0.15, -0.1) is 5.82 Å². The molecule has 0 aromatic heterocycles. The molecule has 3 radical (unpaired) electrons. The van der Waals surface area contributed by atoms with Crippen molar-refractivity contribution in [3.63, 3.8) is 0 Å². The Morgan fingerprint density at radius 1 is 1.27 bits per heavy atom. The Labute approximate surface area is 150 Å². The van der Waals surface area contributed by atoms with Crippen molar-refractivity contribution < 1.29 is 98.1 Å². The monoisotopic (exact) mass is 378 g/mol. The molecule has 0 saturated carbocycles. The zero-order valence-electron chi connectivity index (χ0n) is 8.01. The minimum atomic E-state index is 0. The first-order valence-corrected chi connectivity index (χ1v) is 2.23. The van der Waals surface area contributed by atoms with Gasteiger partial charge in [-0.25, -0.2) is 0 Å². The molecule has 0 heterocycles. The largest absolute Gasteiger partial charge is 3.00 e. The van der Waals surface area contributed by atoms with E-state index in [1.54, 1.807) is 0 Å². The molecule has 0 fully saturated rings. The molecule has 1 atom stereocenters. The topological polar surface area (TPSA) is 0 Å². The summed E-state index contributed by atoms with van der Waals surface area (Å²) in [5, 5.41) is 0. The molecule has 57 valence electrons. The summed E-state index contributed by atoms with van der Waals surface area (Å²) in [6.45, 7) is 9.37. The minimum absolute atomic E-state index is 0. The van der Waals surface area contributed by atoms with Gasteiger partial charge in [0.2, 0.25) is 0 Å². The summed E-state index contributed by atoms with van der Waals surface area (Å²) in [7, 11) is 1.91. The first kappa shape index (κ1) is 36.7. The summed E-state index contributed by atoms with van der Waals surface area (Å²) in [5.41, 5.74) is 0. The van der Waals surface area contributed by atoms with E-state index in [-0.39, 0.29) is 113 Å². The fourth-order valence-electron chi connectivity index (χ4n) is 0.118.